The zero-order valence-corrected chi connectivity index (χ0v) is 9.16. The van der Waals surface area contributed by atoms with Crippen molar-refractivity contribution >= 4 is 0 Å². The summed E-state index contributed by atoms with van der Waals surface area (Å²) in [5, 5.41) is 6.92. The molecule has 1 atom stereocenters. The van der Waals surface area contributed by atoms with E-state index < -0.39 is 0 Å². The van der Waals surface area contributed by atoms with Crippen LogP contribution in [-0.4, -0.2) is 26.2 Å². The van der Waals surface area contributed by atoms with Gasteiger partial charge in [-0.05, 0) is 37.8 Å². The van der Waals surface area contributed by atoms with Gasteiger partial charge in [-0.1, -0.05) is 20.3 Å². The van der Waals surface area contributed by atoms with Gasteiger partial charge in [0.2, 0.25) is 0 Å². The first-order valence-corrected chi connectivity index (χ1v) is 5.74. The van der Waals surface area contributed by atoms with Crippen LogP contribution in [0.4, 0.5) is 0 Å². The monoisotopic (exact) mass is 184 g/mol. The molecule has 2 rings (SSSR count). The molecule has 2 fully saturated rings. The predicted octanol–water partition coefficient (Wildman–Crippen LogP) is 1.77. The summed E-state index contributed by atoms with van der Waals surface area (Å²) in [5.74, 6) is 0. The quantitative estimate of drug-likeness (QED) is 0.599. The van der Waals surface area contributed by atoms with Gasteiger partial charge in [0.15, 0.2) is 0 Å². The summed E-state index contributed by atoms with van der Waals surface area (Å²) in [6.07, 6.45) is 5.45. The summed E-state index contributed by atoms with van der Waals surface area (Å²) < 4.78 is 0. The summed E-state index contributed by atoms with van der Waals surface area (Å²) in [6.45, 7) is 9.23. The Balaban J connectivity index is 0.000000251. The van der Waals surface area contributed by atoms with Crippen molar-refractivity contribution in [2.45, 2.75) is 39.5 Å². The molecule has 2 N–H and O–H groups in total. The Kier molecular flexibility index (Phi) is 4.74. The Morgan fingerprint density at radius 1 is 1.00 bits per heavy atom. The van der Waals surface area contributed by atoms with Gasteiger partial charge < -0.3 is 10.6 Å². The van der Waals surface area contributed by atoms with E-state index in [1.54, 1.807) is 0 Å². The van der Waals surface area contributed by atoms with Gasteiger partial charge in [-0.2, -0.15) is 0 Å². The van der Waals surface area contributed by atoms with Crippen molar-refractivity contribution in [3.8, 4) is 0 Å². The Hall–Kier alpha value is -0.0800. The number of nitrogens with one attached hydrogen (secondary N) is 2. The van der Waals surface area contributed by atoms with Gasteiger partial charge in [-0.3, -0.25) is 0 Å². The molecule has 13 heavy (non-hydrogen) atoms. The van der Waals surface area contributed by atoms with Crippen LogP contribution in [0.25, 0.3) is 0 Å². The number of rotatable bonds is 0. The summed E-state index contributed by atoms with van der Waals surface area (Å²) >= 11 is 0. The van der Waals surface area contributed by atoms with E-state index in [2.05, 4.69) is 24.5 Å². The molecule has 2 nitrogen and oxygen atoms in total. The molecule has 0 bridgehead atoms. The van der Waals surface area contributed by atoms with Gasteiger partial charge in [0.25, 0.3) is 0 Å². The molecule has 0 radical (unpaired) electrons. The molecule has 2 heteroatoms. The van der Waals surface area contributed by atoms with Crippen LogP contribution in [-0.2, 0) is 0 Å². The van der Waals surface area contributed by atoms with Crippen molar-refractivity contribution in [2.24, 2.45) is 5.41 Å². The average Bonchev–Trinajstić information content (AvgIpc) is 2.56. The third-order valence-electron chi connectivity index (χ3n) is 2.89. The molecule has 1 unspecified atom stereocenters. The zero-order valence-electron chi connectivity index (χ0n) is 9.16. The fraction of sp³-hybridized carbons (Fsp3) is 1.00. The van der Waals surface area contributed by atoms with Crippen molar-refractivity contribution in [1.82, 2.24) is 10.6 Å². The second-order valence-electron chi connectivity index (χ2n) is 4.41. The van der Waals surface area contributed by atoms with E-state index in [4.69, 9.17) is 0 Å². The first-order valence-electron chi connectivity index (χ1n) is 5.74. The molecular weight excluding hydrogens is 160 g/mol. The van der Waals surface area contributed by atoms with Gasteiger partial charge in [0.05, 0.1) is 0 Å². The third kappa shape index (κ3) is 3.28. The highest BCUT2D eigenvalue weighted by Crippen LogP contribution is 2.31. The molecule has 2 aliphatic rings. The zero-order chi connectivity index (χ0) is 9.57. The van der Waals surface area contributed by atoms with E-state index in [1.165, 1.54) is 51.9 Å². The van der Waals surface area contributed by atoms with Crippen LogP contribution in [0.5, 0.6) is 0 Å². The van der Waals surface area contributed by atoms with E-state index in [1.807, 2.05) is 0 Å². The smallest absolute Gasteiger partial charge is 0.00205 e. The lowest BCUT2D eigenvalue weighted by molar-refractivity contribution is 0.236. The third-order valence-corrected chi connectivity index (χ3v) is 2.89. The minimum atomic E-state index is 0.651. The lowest BCUT2D eigenvalue weighted by atomic mass is 9.80. The van der Waals surface area contributed by atoms with E-state index >= 15 is 0 Å². The molecule has 0 amide bonds. The maximum atomic E-state index is 3.48. The van der Waals surface area contributed by atoms with Crippen molar-refractivity contribution in [2.75, 3.05) is 26.2 Å². The minimum Gasteiger partial charge on any atom is -0.316 e. The summed E-state index contributed by atoms with van der Waals surface area (Å²) in [6, 6.07) is 0. The van der Waals surface area contributed by atoms with Gasteiger partial charge in [0.1, 0.15) is 0 Å². The van der Waals surface area contributed by atoms with Crippen molar-refractivity contribution in [3.05, 3.63) is 0 Å². The standard InChI is InChI=1S/C8H16N2.C3H8/c1-2-8(6-9-4-1)3-5-10-7-8;1-3-2/h9-10H,1-7H2;3H2,1-2H3. The summed E-state index contributed by atoms with van der Waals surface area (Å²) in [5.41, 5.74) is 0.651. The fourth-order valence-corrected chi connectivity index (χ4v) is 2.19. The van der Waals surface area contributed by atoms with E-state index in [-0.39, 0.29) is 0 Å². The minimum absolute atomic E-state index is 0.651. The van der Waals surface area contributed by atoms with Crippen LogP contribution in [0.2, 0.25) is 0 Å². The number of piperidine rings is 1. The average molecular weight is 184 g/mol. The van der Waals surface area contributed by atoms with Crippen molar-refractivity contribution < 1.29 is 0 Å². The molecule has 0 aromatic heterocycles. The van der Waals surface area contributed by atoms with E-state index in [0.29, 0.717) is 5.41 Å². The Bertz CT molecular complexity index is 120. The van der Waals surface area contributed by atoms with Crippen LogP contribution in [0.1, 0.15) is 39.5 Å². The Labute approximate surface area is 82.5 Å². The van der Waals surface area contributed by atoms with Gasteiger partial charge in [-0.15, -0.1) is 0 Å². The summed E-state index contributed by atoms with van der Waals surface area (Å²) in [4.78, 5) is 0. The molecule has 1 spiro atoms. The highest BCUT2D eigenvalue weighted by Gasteiger charge is 2.34. The van der Waals surface area contributed by atoms with Crippen molar-refractivity contribution in [3.63, 3.8) is 0 Å². The topological polar surface area (TPSA) is 24.1 Å². The van der Waals surface area contributed by atoms with Gasteiger partial charge in [0, 0.05) is 13.1 Å². The normalized spacial score (nSPS) is 32.8. The largest absolute Gasteiger partial charge is 0.316 e. The first kappa shape index (κ1) is 11.0. The van der Waals surface area contributed by atoms with Crippen molar-refractivity contribution in [1.29, 1.82) is 0 Å². The van der Waals surface area contributed by atoms with Gasteiger partial charge >= 0.3 is 0 Å². The summed E-state index contributed by atoms with van der Waals surface area (Å²) in [7, 11) is 0. The maximum absolute atomic E-state index is 3.48. The highest BCUT2D eigenvalue weighted by molar-refractivity contribution is 4.91. The molecule has 2 saturated heterocycles. The maximum Gasteiger partial charge on any atom is 0.00205 e. The van der Waals surface area contributed by atoms with E-state index in [0.717, 1.165) is 0 Å². The van der Waals surface area contributed by atoms with E-state index in [9.17, 15) is 0 Å². The number of hydrogen-bond donors (Lipinski definition) is 2. The lowest BCUT2D eigenvalue weighted by Crippen LogP contribution is -2.41. The van der Waals surface area contributed by atoms with Crippen LogP contribution >= 0.6 is 0 Å². The second-order valence-corrected chi connectivity index (χ2v) is 4.41. The molecule has 0 aliphatic carbocycles. The van der Waals surface area contributed by atoms with Crippen LogP contribution in [0, 0.1) is 5.41 Å². The van der Waals surface area contributed by atoms with Gasteiger partial charge in [-0.25, -0.2) is 0 Å². The molecular formula is C11H24N2. The molecule has 0 saturated carbocycles. The highest BCUT2D eigenvalue weighted by atomic mass is 15.0. The predicted molar refractivity (Wildman–Crippen MR) is 58.0 cm³/mol. The molecule has 78 valence electrons. The Morgan fingerprint density at radius 3 is 2.00 bits per heavy atom. The number of hydrogen-bond acceptors (Lipinski definition) is 2. The first-order chi connectivity index (χ1) is 6.33. The second kappa shape index (κ2) is 5.61. The Morgan fingerprint density at radius 2 is 1.62 bits per heavy atom. The molecule has 2 aliphatic heterocycles. The van der Waals surface area contributed by atoms with Crippen LogP contribution < -0.4 is 10.6 Å². The van der Waals surface area contributed by atoms with Crippen LogP contribution in [0.15, 0.2) is 0 Å². The lowest BCUT2D eigenvalue weighted by Gasteiger charge is -2.32. The molecule has 0 aromatic carbocycles. The fourth-order valence-electron chi connectivity index (χ4n) is 2.19. The molecule has 0 aromatic rings. The molecule has 2 heterocycles. The van der Waals surface area contributed by atoms with Crippen LogP contribution in [0.3, 0.4) is 0 Å². The SMILES string of the molecule is C1CNCC2(C1)CCNC2.CCC.